The maximum atomic E-state index is 12.5. The number of amides is 1. The highest BCUT2D eigenvalue weighted by Crippen LogP contribution is 2.30. The van der Waals surface area contributed by atoms with Crippen molar-refractivity contribution in [3.63, 3.8) is 0 Å². The van der Waals surface area contributed by atoms with E-state index < -0.39 is 0 Å². The van der Waals surface area contributed by atoms with Crippen LogP contribution in [-0.4, -0.2) is 39.9 Å². The standard InChI is InChI=1S/C22H28N2O4/c1-3-20(24-13-12-19(5-4-14-25)28-22(24)27)17-8-6-16(7-9-17)18-10-11-21(26)23(2)15-18/h6-11,15,19-20,25H,3-5,12-14H2,1-2H3. The van der Waals surface area contributed by atoms with E-state index >= 15 is 0 Å². The molecule has 28 heavy (non-hydrogen) atoms. The minimum atomic E-state index is -0.275. The average Bonchev–Trinajstić information content (AvgIpc) is 2.71. The molecule has 1 amide bonds. The van der Waals surface area contributed by atoms with Crippen molar-refractivity contribution >= 4 is 6.09 Å². The number of ether oxygens (including phenoxy) is 1. The van der Waals surface area contributed by atoms with Gasteiger partial charge >= 0.3 is 6.09 Å². The largest absolute Gasteiger partial charge is 0.446 e. The van der Waals surface area contributed by atoms with E-state index in [1.807, 2.05) is 36.5 Å². The highest BCUT2D eigenvalue weighted by atomic mass is 16.6. The van der Waals surface area contributed by atoms with Crippen molar-refractivity contribution in [1.82, 2.24) is 9.47 Å². The van der Waals surface area contributed by atoms with E-state index in [4.69, 9.17) is 9.84 Å². The van der Waals surface area contributed by atoms with Crippen molar-refractivity contribution in [3.8, 4) is 11.1 Å². The van der Waals surface area contributed by atoms with E-state index in [2.05, 4.69) is 6.92 Å². The molecular weight excluding hydrogens is 356 g/mol. The summed E-state index contributed by atoms with van der Waals surface area (Å²) in [5, 5.41) is 8.96. The molecule has 1 aliphatic heterocycles. The second-order valence-electron chi connectivity index (χ2n) is 7.27. The van der Waals surface area contributed by atoms with Crippen LogP contribution in [-0.2, 0) is 11.8 Å². The van der Waals surface area contributed by atoms with Gasteiger partial charge in [0.1, 0.15) is 6.10 Å². The minimum absolute atomic E-state index is 0.0273. The lowest BCUT2D eigenvalue weighted by Gasteiger charge is -2.37. The summed E-state index contributed by atoms with van der Waals surface area (Å²) in [6, 6.07) is 11.5. The van der Waals surface area contributed by atoms with Gasteiger partial charge in [-0.1, -0.05) is 31.2 Å². The van der Waals surface area contributed by atoms with Crippen LogP contribution in [0.5, 0.6) is 0 Å². The molecule has 2 unspecified atom stereocenters. The first-order chi connectivity index (χ1) is 13.5. The van der Waals surface area contributed by atoms with E-state index in [9.17, 15) is 9.59 Å². The second-order valence-corrected chi connectivity index (χ2v) is 7.27. The lowest BCUT2D eigenvalue weighted by molar-refractivity contribution is 0.00468. The summed E-state index contributed by atoms with van der Waals surface area (Å²) < 4.78 is 7.13. The topological polar surface area (TPSA) is 71.8 Å². The number of carbonyl (C=O) groups excluding carboxylic acids is 1. The van der Waals surface area contributed by atoms with Crippen molar-refractivity contribution < 1.29 is 14.6 Å². The molecule has 3 rings (SSSR count). The average molecular weight is 384 g/mol. The van der Waals surface area contributed by atoms with Gasteiger partial charge in [-0.2, -0.15) is 0 Å². The molecule has 6 nitrogen and oxygen atoms in total. The third-order valence-electron chi connectivity index (χ3n) is 5.36. The Morgan fingerprint density at radius 1 is 1.14 bits per heavy atom. The Kier molecular flexibility index (Phi) is 6.52. The number of cyclic esters (lactones) is 1. The zero-order chi connectivity index (χ0) is 20.1. The number of hydrogen-bond donors (Lipinski definition) is 1. The van der Waals surface area contributed by atoms with Crippen molar-refractivity contribution in [2.75, 3.05) is 13.2 Å². The molecule has 1 N–H and O–H groups in total. The molecule has 0 radical (unpaired) electrons. The number of aromatic nitrogens is 1. The number of hydrogen-bond acceptors (Lipinski definition) is 4. The predicted molar refractivity (Wildman–Crippen MR) is 108 cm³/mol. The Labute approximate surface area is 165 Å². The van der Waals surface area contributed by atoms with E-state index in [0.29, 0.717) is 19.4 Å². The van der Waals surface area contributed by atoms with Crippen molar-refractivity contribution in [1.29, 1.82) is 0 Å². The van der Waals surface area contributed by atoms with Gasteiger partial charge in [-0.05, 0) is 42.0 Å². The molecule has 0 bridgehead atoms. The minimum Gasteiger partial charge on any atom is -0.446 e. The number of nitrogens with zero attached hydrogens (tertiary/aromatic N) is 2. The fourth-order valence-corrected chi connectivity index (χ4v) is 3.75. The maximum Gasteiger partial charge on any atom is 0.410 e. The van der Waals surface area contributed by atoms with Crippen LogP contribution in [0.4, 0.5) is 4.79 Å². The summed E-state index contributed by atoms with van der Waals surface area (Å²) in [5.41, 5.74) is 3.04. The first-order valence-corrected chi connectivity index (χ1v) is 9.88. The Morgan fingerprint density at radius 3 is 2.46 bits per heavy atom. The number of rotatable bonds is 7. The Bertz CT molecular complexity index is 860. The van der Waals surface area contributed by atoms with Crippen molar-refractivity contribution in [2.24, 2.45) is 7.05 Å². The van der Waals surface area contributed by atoms with E-state index in [1.54, 1.807) is 22.6 Å². The van der Waals surface area contributed by atoms with E-state index in [1.165, 1.54) is 0 Å². The molecule has 2 atom stereocenters. The molecule has 1 aromatic carbocycles. The molecular formula is C22H28N2O4. The van der Waals surface area contributed by atoms with Gasteiger partial charge in [-0.3, -0.25) is 4.79 Å². The normalized spacial score (nSPS) is 18.0. The predicted octanol–water partition coefficient (Wildman–Crippen LogP) is 3.49. The van der Waals surface area contributed by atoms with Crippen LogP contribution in [0.1, 0.15) is 44.2 Å². The highest BCUT2D eigenvalue weighted by Gasteiger charge is 2.31. The Balaban J connectivity index is 1.73. The first-order valence-electron chi connectivity index (χ1n) is 9.88. The van der Waals surface area contributed by atoms with Gasteiger partial charge in [-0.15, -0.1) is 0 Å². The monoisotopic (exact) mass is 384 g/mol. The van der Waals surface area contributed by atoms with Gasteiger partial charge in [0.25, 0.3) is 0 Å². The molecule has 1 fully saturated rings. The molecule has 0 aliphatic carbocycles. The van der Waals surface area contributed by atoms with Gasteiger partial charge in [-0.25, -0.2) is 4.79 Å². The van der Waals surface area contributed by atoms with Crippen molar-refractivity contribution in [2.45, 2.75) is 44.8 Å². The number of carbonyl (C=O) groups is 1. The molecule has 2 aromatic rings. The summed E-state index contributed by atoms with van der Waals surface area (Å²) >= 11 is 0. The lowest BCUT2D eigenvalue weighted by atomic mass is 9.98. The zero-order valence-corrected chi connectivity index (χ0v) is 16.5. The van der Waals surface area contributed by atoms with Crippen LogP contribution in [0.2, 0.25) is 0 Å². The quantitative estimate of drug-likeness (QED) is 0.793. The molecule has 1 saturated heterocycles. The number of benzene rings is 1. The van der Waals surface area contributed by atoms with Gasteiger partial charge < -0.3 is 19.3 Å². The van der Waals surface area contributed by atoms with Crippen molar-refractivity contribution in [3.05, 3.63) is 58.5 Å². The van der Waals surface area contributed by atoms with Crippen LogP contribution < -0.4 is 5.56 Å². The van der Waals surface area contributed by atoms with Crippen LogP contribution in [0.15, 0.2) is 47.4 Å². The maximum absolute atomic E-state index is 12.5. The number of aryl methyl sites for hydroxylation is 1. The molecule has 6 heteroatoms. The number of pyridine rings is 1. The number of aliphatic hydroxyl groups excluding tert-OH is 1. The van der Waals surface area contributed by atoms with Crippen LogP contribution in [0.3, 0.4) is 0 Å². The highest BCUT2D eigenvalue weighted by molar-refractivity contribution is 5.69. The summed E-state index contributed by atoms with van der Waals surface area (Å²) in [4.78, 5) is 25.9. The Hall–Kier alpha value is -2.60. The molecule has 0 saturated carbocycles. The van der Waals surface area contributed by atoms with Crippen LogP contribution in [0, 0.1) is 0 Å². The number of aliphatic hydroxyl groups is 1. The van der Waals surface area contributed by atoms with E-state index in [0.717, 1.165) is 29.5 Å². The molecule has 0 spiro atoms. The van der Waals surface area contributed by atoms with Crippen LogP contribution in [0.25, 0.3) is 11.1 Å². The fraction of sp³-hybridized carbons (Fsp3) is 0.455. The van der Waals surface area contributed by atoms with Crippen LogP contribution >= 0.6 is 0 Å². The molecule has 2 heterocycles. The van der Waals surface area contributed by atoms with Gasteiger partial charge in [0.05, 0.1) is 6.04 Å². The smallest absolute Gasteiger partial charge is 0.410 e. The third kappa shape index (κ3) is 4.44. The third-order valence-corrected chi connectivity index (χ3v) is 5.36. The lowest BCUT2D eigenvalue weighted by Crippen LogP contribution is -2.43. The van der Waals surface area contributed by atoms with Gasteiger partial charge in [0.2, 0.25) is 5.56 Å². The molecule has 1 aliphatic rings. The fourth-order valence-electron chi connectivity index (χ4n) is 3.75. The summed E-state index contributed by atoms with van der Waals surface area (Å²) in [5.74, 6) is 0. The molecule has 1 aromatic heterocycles. The van der Waals surface area contributed by atoms with Gasteiger partial charge in [0, 0.05) is 38.9 Å². The Morgan fingerprint density at radius 2 is 1.86 bits per heavy atom. The summed E-state index contributed by atoms with van der Waals surface area (Å²) in [6.07, 6.45) is 4.41. The SMILES string of the molecule is CCC(c1ccc(-c2ccc(=O)n(C)c2)cc1)N1CCC(CCCO)OC1=O. The zero-order valence-electron chi connectivity index (χ0n) is 16.5. The second kappa shape index (κ2) is 9.06. The van der Waals surface area contributed by atoms with E-state index in [-0.39, 0.29) is 30.4 Å². The summed E-state index contributed by atoms with van der Waals surface area (Å²) in [6.45, 7) is 2.85. The summed E-state index contributed by atoms with van der Waals surface area (Å²) in [7, 11) is 1.74. The molecule has 150 valence electrons. The first kappa shape index (κ1) is 20.1. The van der Waals surface area contributed by atoms with Gasteiger partial charge in [0.15, 0.2) is 0 Å².